The summed E-state index contributed by atoms with van der Waals surface area (Å²) in [6.07, 6.45) is 1.86. The van der Waals surface area contributed by atoms with Crippen LogP contribution in [0.3, 0.4) is 0 Å². The van der Waals surface area contributed by atoms with Gasteiger partial charge >= 0.3 is 0 Å². The molecular formula is C22H21BrO2. The van der Waals surface area contributed by atoms with Gasteiger partial charge in [-0.1, -0.05) is 59.3 Å². The highest BCUT2D eigenvalue weighted by Gasteiger charge is 2.28. The van der Waals surface area contributed by atoms with Crippen molar-refractivity contribution in [2.75, 3.05) is 0 Å². The first kappa shape index (κ1) is 17.6. The molecule has 0 bridgehead atoms. The molecule has 0 aliphatic heterocycles. The molecule has 3 rings (SSSR count). The molecule has 2 N–H and O–H groups in total. The van der Waals surface area contributed by atoms with Crippen molar-refractivity contribution in [1.29, 1.82) is 0 Å². The quantitative estimate of drug-likeness (QED) is 0.571. The van der Waals surface area contributed by atoms with E-state index in [9.17, 15) is 10.2 Å². The van der Waals surface area contributed by atoms with Gasteiger partial charge in [0.05, 0.1) is 0 Å². The molecule has 0 unspecified atom stereocenters. The summed E-state index contributed by atoms with van der Waals surface area (Å²) < 4.78 is 1.08. The van der Waals surface area contributed by atoms with Gasteiger partial charge in [-0.05, 0) is 65.9 Å². The van der Waals surface area contributed by atoms with Crippen molar-refractivity contribution in [2.45, 2.75) is 25.2 Å². The first-order valence-electron chi connectivity index (χ1n) is 8.31. The maximum atomic E-state index is 9.63. The summed E-state index contributed by atoms with van der Waals surface area (Å²) in [6.45, 7) is 2.21. The highest BCUT2D eigenvalue weighted by Crippen LogP contribution is 2.37. The number of phenolic OH excluding ortho intramolecular Hbond substituents is 2. The Bertz CT molecular complexity index is 776. The molecule has 25 heavy (non-hydrogen) atoms. The molecule has 0 aliphatic carbocycles. The minimum atomic E-state index is -0.214. The van der Waals surface area contributed by atoms with Crippen molar-refractivity contribution in [3.63, 3.8) is 0 Å². The van der Waals surface area contributed by atoms with E-state index < -0.39 is 0 Å². The van der Waals surface area contributed by atoms with E-state index >= 15 is 0 Å². The SMILES string of the molecule is CC(CCc1ccc(Br)cc1)(c1ccc(O)cc1)c1ccc(O)cc1. The van der Waals surface area contributed by atoms with Crippen LogP contribution < -0.4 is 0 Å². The molecule has 0 spiro atoms. The molecule has 0 radical (unpaired) electrons. The fraction of sp³-hybridized carbons (Fsp3) is 0.182. The minimum absolute atomic E-state index is 0.214. The lowest BCUT2D eigenvalue weighted by Gasteiger charge is -2.31. The summed E-state index contributed by atoms with van der Waals surface area (Å²) in [5, 5.41) is 19.3. The lowest BCUT2D eigenvalue weighted by molar-refractivity contribution is 0.470. The first-order chi connectivity index (χ1) is 12.0. The van der Waals surface area contributed by atoms with Crippen molar-refractivity contribution in [3.05, 3.63) is 94.0 Å². The van der Waals surface area contributed by atoms with Gasteiger partial charge in [-0.3, -0.25) is 0 Å². The van der Waals surface area contributed by atoms with Crippen LogP contribution in [0.5, 0.6) is 11.5 Å². The van der Waals surface area contributed by atoms with Gasteiger partial charge in [-0.2, -0.15) is 0 Å². The standard InChI is InChI=1S/C22H21BrO2/c1-22(17-4-10-20(24)11-5-17,18-6-12-21(25)13-7-18)15-14-16-2-8-19(23)9-3-16/h2-13,24-25H,14-15H2,1H3. The van der Waals surface area contributed by atoms with Gasteiger partial charge in [0.2, 0.25) is 0 Å². The molecule has 3 aromatic carbocycles. The van der Waals surface area contributed by atoms with Crippen LogP contribution in [-0.2, 0) is 11.8 Å². The summed E-state index contributed by atoms with van der Waals surface area (Å²) in [5.74, 6) is 0.537. The van der Waals surface area contributed by atoms with Crippen molar-refractivity contribution >= 4 is 15.9 Å². The Morgan fingerprint density at radius 3 is 1.60 bits per heavy atom. The smallest absolute Gasteiger partial charge is 0.115 e. The van der Waals surface area contributed by atoms with Gasteiger partial charge in [0.1, 0.15) is 11.5 Å². The molecule has 0 saturated carbocycles. The zero-order valence-electron chi connectivity index (χ0n) is 14.1. The van der Waals surface area contributed by atoms with E-state index in [-0.39, 0.29) is 16.9 Å². The Morgan fingerprint density at radius 2 is 1.16 bits per heavy atom. The van der Waals surface area contributed by atoms with E-state index in [1.54, 1.807) is 24.3 Å². The number of aromatic hydroxyl groups is 2. The predicted molar refractivity (Wildman–Crippen MR) is 105 cm³/mol. The van der Waals surface area contributed by atoms with Crippen molar-refractivity contribution in [1.82, 2.24) is 0 Å². The van der Waals surface area contributed by atoms with E-state index in [4.69, 9.17) is 0 Å². The molecule has 0 aliphatic rings. The minimum Gasteiger partial charge on any atom is -0.508 e. The zero-order valence-corrected chi connectivity index (χ0v) is 15.7. The lowest BCUT2D eigenvalue weighted by atomic mass is 9.72. The number of halogens is 1. The van der Waals surface area contributed by atoms with E-state index in [1.807, 2.05) is 24.3 Å². The van der Waals surface area contributed by atoms with Crippen molar-refractivity contribution in [2.24, 2.45) is 0 Å². The number of benzene rings is 3. The molecule has 0 atom stereocenters. The fourth-order valence-corrected chi connectivity index (χ4v) is 3.42. The molecule has 0 heterocycles. The number of hydrogen-bond acceptors (Lipinski definition) is 2. The van der Waals surface area contributed by atoms with Gasteiger partial charge in [0, 0.05) is 9.89 Å². The van der Waals surface area contributed by atoms with Crippen LogP contribution >= 0.6 is 15.9 Å². The van der Waals surface area contributed by atoms with E-state index in [2.05, 4.69) is 47.1 Å². The molecule has 2 nitrogen and oxygen atoms in total. The molecular weight excluding hydrogens is 376 g/mol. The van der Waals surface area contributed by atoms with Crippen LogP contribution in [0.2, 0.25) is 0 Å². The summed E-state index contributed by atoms with van der Waals surface area (Å²) in [5.41, 5.74) is 3.36. The van der Waals surface area contributed by atoms with Gasteiger partial charge in [-0.15, -0.1) is 0 Å². The number of phenols is 2. The highest BCUT2D eigenvalue weighted by molar-refractivity contribution is 9.10. The van der Waals surface area contributed by atoms with Gasteiger partial charge in [0.15, 0.2) is 0 Å². The average Bonchev–Trinajstić information content (AvgIpc) is 2.62. The summed E-state index contributed by atoms with van der Waals surface area (Å²) >= 11 is 3.48. The Morgan fingerprint density at radius 1 is 0.720 bits per heavy atom. The monoisotopic (exact) mass is 396 g/mol. The second-order valence-electron chi connectivity index (χ2n) is 6.55. The second kappa shape index (κ2) is 7.32. The third-order valence-corrected chi connectivity index (χ3v) is 5.36. The molecule has 3 heteroatoms. The van der Waals surface area contributed by atoms with E-state index in [0.29, 0.717) is 0 Å². The maximum absolute atomic E-state index is 9.63. The Kier molecular flexibility index (Phi) is 5.14. The van der Waals surface area contributed by atoms with E-state index in [0.717, 1.165) is 28.4 Å². The third kappa shape index (κ3) is 4.05. The van der Waals surface area contributed by atoms with E-state index in [1.165, 1.54) is 5.56 Å². The molecule has 0 amide bonds. The normalized spacial score (nSPS) is 11.4. The van der Waals surface area contributed by atoms with Gasteiger partial charge in [-0.25, -0.2) is 0 Å². The lowest BCUT2D eigenvalue weighted by Crippen LogP contribution is -2.24. The van der Waals surface area contributed by atoms with Crippen molar-refractivity contribution < 1.29 is 10.2 Å². The number of hydrogen-bond donors (Lipinski definition) is 2. The molecule has 3 aromatic rings. The van der Waals surface area contributed by atoms with Crippen LogP contribution in [0.25, 0.3) is 0 Å². The Balaban J connectivity index is 1.94. The molecule has 0 fully saturated rings. The number of rotatable bonds is 5. The van der Waals surface area contributed by atoms with Crippen LogP contribution in [0, 0.1) is 0 Å². The van der Waals surface area contributed by atoms with Gasteiger partial charge in [0.25, 0.3) is 0 Å². The van der Waals surface area contributed by atoms with Crippen LogP contribution in [0.1, 0.15) is 30.0 Å². The summed E-state index contributed by atoms with van der Waals surface area (Å²) in [6, 6.07) is 23.2. The summed E-state index contributed by atoms with van der Waals surface area (Å²) in [7, 11) is 0. The number of aryl methyl sites for hydroxylation is 1. The van der Waals surface area contributed by atoms with Crippen LogP contribution in [0.15, 0.2) is 77.3 Å². The Labute approximate surface area is 156 Å². The summed E-state index contributed by atoms with van der Waals surface area (Å²) in [4.78, 5) is 0. The van der Waals surface area contributed by atoms with Crippen LogP contribution in [-0.4, -0.2) is 10.2 Å². The van der Waals surface area contributed by atoms with Crippen LogP contribution in [0.4, 0.5) is 0 Å². The van der Waals surface area contributed by atoms with Gasteiger partial charge < -0.3 is 10.2 Å². The molecule has 0 saturated heterocycles. The van der Waals surface area contributed by atoms with Crippen molar-refractivity contribution in [3.8, 4) is 11.5 Å². The Hall–Kier alpha value is -2.26. The largest absolute Gasteiger partial charge is 0.508 e. The molecule has 0 aromatic heterocycles. The average molecular weight is 397 g/mol. The fourth-order valence-electron chi connectivity index (χ4n) is 3.16. The highest BCUT2D eigenvalue weighted by atomic mass is 79.9. The predicted octanol–water partition coefficient (Wildman–Crippen LogP) is 5.80. The topological polar surface area (TPSA) is 40.5 Å². The second-order valence-corrected chi connectivity index (χ2v) is 7.47. The zero-order chi connectivity index (χ0) is 17.9. The maximum Gasteiger partial charge on any atom is 0.115 e. The molecule has 128 valence electrons. The third-order valence-electron chi connectivity index (χ3n) is 4.84. The first-order valence-corrected chi connectivity index (χ1v) is 9.10.